The Morgan fingerprint density at radius 1 is 0.481 bits per heavy atom. The van der Waals surface area contributed by atoms with E-state index in [1.807, 2.05) is 0 Å². The molecule has 0 atom stereocenters. The maximum absolute atomic E-state index is 6.90. The molecule has 0 radical (unpaired) electrons. The second-order valence-electron chi connectivity index (χ2n) is 14.1. The van der Waals surface area contributed by atoms with Crippen molar-refractivity contribution in [3.05, 3.63) is 193 Å². The van der Waals surface area contributed by atoms with Gasteiger partial charge in [-0.25, -0.2) is 0 Å². The van der Waals surface area contributed by atoms with E-state index in [0.717, 1.165) is 56.8 Å². The highest BCUT2D eigenvalue weighted by Crippen LogP contribution is 2.63. The van der Waals surface area contributed by atoms with Crippen molar-refractivity contribution in [2.24, 2.45) is 0 Å². The van der Waals surface area contributed by atoms with E-state index < -0.39 is 5.41 Å². The van der Waals surface area contributed by atoms with Crippen molar-refractivity contribution in [3.63, 3.8) is 0 Å². The van der Waals surface area contributed by atoms with Crippen LogP contribution in [0, 0.1) is 0 Å². The largest absolute Gasteiger partial charge is 0.452 e. The summed E-state index contributed by atoms with van der Waals surface area (Å²) in [5.74, 6) is 1.74. The first kappa shape index (κ1) is 30.3. The van der Waals surface area contributed by atoms with Crippen molar-refractivity contribution >= 4 is 44.9 Å². The minimum atomic E-state index is -0.401. The van der Waals surface area contributed by atoms with Crippen molar-refractivity contribution in [2.45, 2.75) is 19.3 Å². The zero-order chi connectivity index (χ0) is 34.8. The third-order valence-corrected chi connectivity index (χ3v) is 10.8. The predicted octanol–water partition coefficient (Wildman–Crippen LogP) is 13.9. The lowest BCUT2D eigenvalue weighted by molar-refractivity contribution is 0.473. The van der Waals surface area contributed by atoms with E-state index in [4.69, 9.17) is 4.74 Å². The number of hydrogen-bond acceptors (Lipinski definition) is 3. The van der Waals surface area contributed by atoms with Gasteiger partial charge in [-0.1, -0.05) is 159 Å². The van der Waals surface area contributed by atoms with Crippen LogP contribution in [0.2, 0.25) is 0 Å². The molecule has 8 aromatic carbocycles. The molecule has 0 aromatic heterocycles. The smallest absolute Gasteiger partial charge is 0.159 e. The Morgan fingerprint density at radius 3 is 1.90 bits per heavy atom. The molecule has 8 aromatic rings. The summed E-state index contributed by atoms with van der Waals surface area (Å²) in [6, 6.07) is 65.3. The van der Waals surface area contributed by atoms with E-state index in [0.29, 0.717) is 0 Å². The van der Waals surface area contributed by atoms with Gasteiger partial charge in [0.1, 0.15) is 0 Å². The van der Waals surface area contributed by atoms with Gasteiger partial charge in [0, 0.05) is 27.5 Å². The first-order valence-corrected chi connectivity index (χ1v) is 18.0. The summed E-state index contributed by atoms with van der Waals surface area (Å²) in [6.07, 6.45) is 0. The van der Waals surface area contributed by atoms with Gasteiger partial charge in [0.2, 0.25) is 0 Å². The number of para-hydroxylation sites is 3. The van der Waals surface area contributed by atoms with Gasteiger partial charge in [-0.3, -0.25) is 0 Å². The van der Waals surface area contributed by atoms with Gasteiger partial charge in [-0.05, 0) is 58.5 Å². The van der Waals surface area contributed by atoms with Crippen LogP contribution in [0.5, 0.6) is 11.5 Å². The second-order valence-corrected chi connectivity index (χ2v) is 14.1. The molecule has 0 saturated heterocycles. The fourth-order valence-corrected chi connectivity index (χ4v) is 8.45. The fourth-order valence-electron chi connectivity index (χ4n) is 8.45. The first-order chi connectivity index (χ1) is 25.6. The minimum absolute atomic E-state index is 0.401. The molecule has 0 amide bonds. The molecular weight excluding hydrogens is 633 g/mol. The molecule has 2 aliphatic rings. The van der Waals surface area contributed by atoms with Gasteiger partial charge >= 0.3 is 0 Å². The van der Waals surface area contributed by atoms with E-state index in [1.54, 1.807) is 0 Å². The topological polar surface area (TPSA) is 15.7 Å². The van der Waals surface area contributed by atoms with E-state index in [-0.39, 0.29) is 0 Å². The molecule has 10 rings (SSSR count). The lowest BCUT2D eigenvalue weighted by Gasteiger charge is -2.47. The number of benzene rings is 8. The van der Waals surface area contributed by atoms with Crippen molar-refractivity contribution < 1.29 is 4.74 Å². The summed E-state index contributed by atoms with van der Waals surface area (Å²) in [7, 11) is 0. The summed E-state index contributed by atoms with van der Waals surface area (Å²) in [5, 5.41) is 2.41. The zero-order valence-electron chi connectivity index (χ0n) is 29.1. The van der Waals surface area contributed by atoms with Crippen LogP contribution in [0.1, 0.15) is 25.0 Å². The standard InChI is InChI=1S/C49H36N2O/c1-49(2)39-32-31-38(35-19-7-4-8-20-35)48-47(39)51(42-26-13-14-30-45(42)52-48)44-29-16-28-43(46(44)49)50(41-27-15-22-34-21-9-10-23-37(34)41)40-25-12-11-24-36(40)33-17-5-3-6-18-33/h3-32H,1-2H3. The number of fused-ring (bicyclic) bond motifs is 5. The maximum atomic E-state index is 6.90. The SMILES string of the molecule is CC1(C)c2ccc(-c3ccccc3)c3c2N(c2ccccc2O3)c2cccc(N(c3ccccc3-c3ccccc3)c3cccc4ccccc34)c21. The third kappa shape index (κ3) is 4.52. The summed E-state index contributed by atoms with van der Waals surface area (Å²) >= 11 is 0. The third-order valence-electron chi connectivity index (χ3n) is 10.8. The van der Waals surface area contributed by atoms with Crippen molar-refractivity contribution in [3.8, 4) is 33.8 Å². The lowest BCUT2D eigenvalue weighted by Crippen LogP contribution is -2.34. The zero-order valence-corrected chi connectivity index (χ0v) is 29.1. The summed E-state index contributed by atoms with van der Waals surface area (Å²) < 4.78 is 6.90. The molecule has 2 aliphatic heterocycles. The monoisotopic (exact) mass is 668 g/mol. The summed E-state index contributed by atoms with van der Waals surface area (Å²) in [4.78, 5) is 4.95. The van der Waals surface area contributed by atoms with Gasteiger partial charge in [0.25, 0.3) is 0 Å². The Balaban J connectivity index is 1.29. The number of ether oxygens (including phenoxy) is 1. The molecule has 52 heavy (non-hydrogen) atoms. The number of hydrogen-bond donors (Lipinski definition) is 0. The van der Waals surface area contributed by atoms with E-state index in [9.17, 15) is 0 Å². The average molecular weight is 669 g/mol. The Kier molecular flexibility index (Phi) is 6.84. The van der Waals surface area contributed by atoms with Crippen LogP contribution < -0.4 is 14.5 Å². The second kappa shape index (κ2) is 11.8. The van der Waals surface area contributed by atoms with Gasteiger partial charge in [0.05, 0.1) is 34.1 Å². The molecule has 0 saturated carbocycles. The van der Waals surface area contributed by atoms with E-state index >= 15 is 0 Å². The number of nitrogens with zero attached hydrogens (tertiary/aromatic N) is 2. The molecule has 248 valence electrons. The van der Waals surface area contributed by atoms with E-state index in [1.165, 1.54) is 33.0 Å². The van der Waals surface area contributed by atoms with Crippen LogP contribution in [0.15, 0.2) is 182 Å². The van der Waals surface area contributed by atoms with Crippen molar-refractivity contribution in [1.82, 2.24) is 0 Å². The Labute approximate surface area is 304 Å². The van der Waals surface area contributed by atoms with Crippen LogP contribution in [0.25, 0.3) is 33.0 Å². The predicted molar refractivity (Wildman–Crippen MR) is 216 cm³/mol. The van der Waals surface area contributed by atoms with Crippen molar-refractivity contribution in [1.29, 1.82) is 0 Å². The van der Waals surface area contributed by atoms with Crippen LogP contribution >= 0.6 is 0 Å². The molecule has 0 fully saturated rings. The Morgan fingerprint density at radius 2 is 1.08 bits per heavy atom. The number of anilines is 6. The van der Waals surface area contributed by atoms with Crippen LogP contribution in [-0.4, -0.2) is 0 Å². The van der Waals surface area contributed by atoms with Gasteiger partial charge in [0.15, 0.2) is 11.5 Å². The highest BCUT2D eigenvalue weighted by molar-refractivity contribution is 6.04. The molecule has 0 spiro atoms. The highest BCUT2D eigenvalue weighted by atomic mass is 16.5. The normalized spacial score (nSPS) is 13.5. The van der Waals surface area contributed by atoms with Gasteiger partial charge in [-0.2, -0.15) is 0 Å². The maximum Gasteiger partial charge on any atom is 0.159 e. The quantitative estimate of drug-likeness (QED) is 0.182. The molecule has 3 heteroatoms. The van der Waals surface area contributed by atoms with Gasteiger partial charge in [-0.15, -0.1) is 0 Å². The van der Waals surface area contributed by atoms with Gasteiger partial charge < -0.3 is 14.5 Å². The summed E-state index contributed by atoms with van der Waals surface area (Å²) in [6.45, 7) is 4.74. The average Bonchev–Trinajstić information content (AvgIpc) is 3.20. The molecule has 0 aliphatic carbocycles. The molecule has 2 heterocycles. The van der Waals surface area contributed by atoms with Crippen LogP contribution in [0.4, 0.5) is 34.1 Å². The first-order valence-electron chi connectivity index (χ1n) is 18.0. The molecule has 3 nitrogen and oxygen atoms in total. The van der Waals surface area contributed by atoms with Crippen molar-refractivity contribution in [2.75, 3.05) is 9.80 Å². The molecule has 0 unspecified atom stereocenters. The van der Waals surface area contributed by atoms with Crippen LogP contribution in [0.3, 0.4) is 0 Å². The fraction of sp³-hybridized carbons (Fsp3) is 0.0612. The summed E-state index contributed by atoms with van der Waals surface area (Å²) in [5.41, 5.74) is 13.4. The lowest BCUT2D eigenvalue weighted by atomic mass is 9.71. The molecule has 0 bridgehead atoms. The molecular formula is C49H36N2O. The molecule has 0 N–H and O–H groups in total. The Bertz CT molecular complexity index is 2640. The minimum Gasteiger partial charge on any atom is -0.452 e. The number of rotatable bonds is 5. The van der Waals surface area contributed by atoms with E-state index in [2.05, 4.69) is 206 Å². The highest BCUT2D eigenvalue weighted by Gasteiger charge is 2.44. The Hall–Kier alpha value is -6.58. The van der Waals surface area contributed by atoms with Crippen LogP contribution in [-0.2, 0) is 5.41 Å².